The number of hydrogen-bond donors (Lipinski definition) is 2. The van der Waals surface area contributed by atoms with Crippen molar-refractivity contribution in [1.82, 2.24) is 10.2 Å². The fraction of sp³-hybridized carbons (Fsp3) is 0.258. The van der Waals surface area contributed by atoms with Crippen LogP contribution < -0.4 is 15.4 Å². The summed E-state index contributed by atoms with van der Waals surface area (Å²) in [5.41, 5.74) is 2.75. The Hall–Kier alpha value is -4.51. The van der Waals surface area contributed by atoms with Gasteiger partial charge in [0, 0.05) is 30.3 Å². The maximum atomic E-state index is 13.6. The molecular formula is C31H30FN5O4S. The van der Waals surface area contributed by atoms with Crippen molar-refractivity contribution < 1.29 is 23.5 Å². The van der Waals surface area contributed by atoms with Gasteiger partial charge in [0.05, 0.1) is 18.0 Å². The van der Waals surface area contributed by atoms with Crippen molar-refractivity contribution in [3.63, 3.8) is 0 Å². The summed E-state index contributed by atoms with van der Waals surface area (Å²) in [5, 5.41) is 5.56. The Kier molecular flexibility index (Phi) is 8.97. The van der Waals surface area contributed by atoms with Gasteiger partial charge < -0.3 is 15.4 Å². The third kappa shape index (κ3) is 6.52. The number of amides is 3. The second-order valence-electron chi connectivity index (χ2n) is 9.73. The number of benzene rings is 3. The molecule has 0 aromatic heterocycles. The van der Waals surface area contributed by atoms with Crippen molar-refractivity contribution >= 4 is 51.9 Å². The van der Waals surface area contributed by atoms with E-state index in [9.17, 15) is 18.8 Å². The summed E-state index contributed by atoms with van der Waals surface area (Å²) in [5.74, 6) is -0.00257. The van der Waals surface area contributed by atoms with E-state index in [2.05, 4.69) is 10.6 Å². The van der Waals surface area contributed by atoms with Gasteiger partial charge in [-0.05, 0) is 54.8 Å². The molecule has 2 aliphatic rings. The number of para-hydroxylation sites is 1. The van der Waals surface area contributed by atoms with Gasteiger partial charge in [-0.2, -0.15) is 0 Å². The van der Waals surface area contributed by atoms with Gasteiger partial charge in [-0.1, -0.05) is 49.0 Å². The molecule has 2 N–H and O–H groups in total. The smallest absolute Gasteiger partial charge is 0.259 e. The van der Waals surface area contributed by atoms with Crippen LogP contribution in [0.4, 0.5) is 15.8 Å². The van der Waals surface area contributed by atoms with E-state index in [0.29, 0.717) is 40.1 Å². The second kappa shape index (κ2) is 13.0. The van der Waals surface area contributed by atoms with Gasteiger partial charge in [0.2, 0.25) is 11.8 Å². The molecule has 2 aliphatic heterocycles. The highest BCUT2D eigenvalue weighted by atomic mass is 32.2. The average molecular weight is 588 g/mol. The number of anilines is 1. The highest BCUT2D eigenvalue weighted by molar-refractivity contribution is 8.15. The molecule has 0 bridgehead atoms. The second-order valence-corrected chi connectivity index (χ2v) is 10.9. The van der Waals surface area contributed by atoms with E-state index in [-0.39, 0.29) is 42.9 Å². The summed E-state index contributed by atoms with van der Waals surface area (Å²) in [6.07, 6.45) is 0.791. The first-order valence-corrected chi connectivity index (χ1v) is 14.5. The normalized spacial score (nSPS) is 16.1. The van der Waals surface area contributed by atoms with Crippen LogP contribution in [0.2, 0.25) is 0 Å². The lowest BCUT2D eigenvalue weighted by molar-refractivity contribution is -0.125. The number of halogens is 1. The van der Waals surface area contributed by atoms with Gasteiger partial charge in [0.15, 0.2) is 5.17 Å². The zero-order chi connectivity index (χ0) is 29.6. The minimum Gasteiger partial charge on any atom is -0.497 e. The van der Waals surface area contributed by atoms with Crippen molar-refractivity contribution in [1.29, 1.82) is 0 Å². The Labute approximate surface area is 247 Å². The number of thioether (sulfide) groups is 1. The number of methoxy groups -OCH3 is 1. The van der Waals surface area contributed by atoms with Crippen molar-refractivity contribution in [3.8, 4) is 5.75 Å². The maximum Gasteiger partial charge on any atom is 0.259 e. The summed E-state index contributed by atoms with van der Waals surface area (Å²) in [6, 6.07) is 19.6. The number of rotatable bonds is 10. The highest BCUT2D eigenvalue weighted by Gasteiger charge is 2.42. The van der Waals surface area contributed by atoms with Crippen LogP contribution in [0.15, 0.2) is 82.8 Å². The molecule has 2 heterocycles. The Bertz CT molecular complexity index is 1560. The molecule has 0 saturated carbocycles. The summed E-state index contributed by atoms with van der Waals surface area (Å²) in [6.45, 7) is 2.16. The highest BCUT2D eigenvalue weighted by Crippen LogP contribution is 2.36. The molecule has 0 aliphatic carbocycles. The van der Waals surface area contributed by atoms with Crippen molar-refractivity contribution in [2.24, 2.45) is 9.98 Å². The summed E-state index contributed by atoms with van der Waals surface area (Å²) in [4.78, 5) is 50.3. The Morgan fingerprint density at radius 2 is 1.88 bits per heavy atom. The maximum absolute atomic E-state index is 13.6. The summed E-state index contributed by atoms with van der Waals surface area (Å²) in [7, 11) is 1.56. The van der Waals surface area contributed by atoms with Crippen LogP contribution in [0.3, 0.4) is 0 Å². The van der Waals surface area contributed by atoms with E-state index < -0.39 is 11.3 Å². The van der Waals surface area contributed by atoms with E-state index in [4.69, 9.17) is 14.7 Å². The van der Waals surface area contributed by atoms with E-state index in [0.717, 1.165) is 5.56 Å². The fourth-order valence-corrected chi connectivity index (χ4v) is 5.62. The van der Waals surface area contributed by atoms with Crippen LogP contribution in [0.25, 0.3) is 0 Å². The van der Waals surface area contributed by atoms with E-state index >= 15 is 0 Å². The number of amidine groups is 2. The third-order valence-corrected chi connectivity index (χ3v) is 8.16. The number of ether oxygens (including phenoxy) is 1. The van der Waals surface area contributed by atoms with Crippen LogP contribution in [0.5, 0.6) is 5.75 Å². The van der Waals surface area contributed by atoms with Gasteiger partial charge in [-0.3, -0.25) is 19.4 Å². The quantitative estimate of drug-likeness (QED) is 0.345. The Balaban J connectivity index is 1.28. The molecule has 0 saturated heterocycles. The molecular weight excluding hydrogens is 557 g/mol. The van der Waals surface area contributed by atoms with E-state index in [1.165, 1.54) is 28.8 Å². The van der Waals surface area contributed by atoms with Crippen LogP contribution in [-0.2, 0) is 20.9 Å². The number of carbonyl (C=O) groups is 3. The first-order chi connectivity index (χ1) is 20.4. The predicted molar refractivity (Wildman–Crippen MR) is 161 cm³/mol. The molecule has 0 fully saturated rings. The Morgan fingerprint density at radius 1 is 1.10 bits per heavy atom. The number of aliphatic imine (C=N–C) groups is 2. The molecule has 2 atom stereocenters. The fourth-order valence-electron chi connectivity index (χ4n) is 4.60. The number of hydrogen-bond acceptors (Lipinski definition) is 7. The van der Waals surface area contributed by atoms with Gasteiger partial charge in [0.1, 0.15) is 23.4 Å². The summed E-state index contributed by atoms with van der Waals surface area (Å²) >= 11 is 1.20. The monoisotopic (exact) mass is 587 g/mol. The first kappa shape index (κ1) is 29.0. The minimum atomic E-state index is -0.765. The molecule has 216 valence electrons. The molecule has 0 unspecified atom stereocenters. The molecule has 0 spiro atoms. The number of nitrogens with one attached hydrogen (secondary N) is 2. The van der Waals surface area contributed by atoms with Crippen molar-refractivity contribution in [2.75, 3.05) is 12.4 Å². The topological polar surface area (TPSA) is 112 Å². The molecule has 3 amide bonds. The molecule has 11 heteroatoms. The average Bonchev–Trinajstić information content (AvgIpc) is 3.34. The molecule has 5 rings (SSSR count). The standard InChI is InChI=1S/C31H30FN5O4S/c1-3-26(29(39)34-21-7-6-8-22(17-21)41-2)42-31-36-24-10-5-4-9-23(24)28-35-25(30(40)37(28)31)15-16-27(38)33-18-19-11-13-20(32)14-12-19/h4-14,17,25-26H,3,15-16,18H2,1-2H3,(H,33,38)(H,34,39)/t25-,26-/m0/s1. The lowest BCUT2D eigenvalue weighted by atomic mass is 10.1. The van der Waals surface area contributed by atoms with E-state index in [1.807, 2.05) is 31.2 Å². The van der Waals surface area contributed by atoms with Gasteiger partial charge in [0.25, 0.3) is 5.91 Å². The number of nitrogens with zero attached hydrogens (tertiary/aromatic N) is 3. The SMILES string of the molecule is CC[C@H](SC1=Nc2ccccc2C2=N[C@@H](CCC(=O)NCc3ccc(F)cc3)C(=O)N12)C(=O)Nc1cccc(OC)c1. The van der Waals surface area contributed by atoms with E-state index in [1.54, 1.807) is 43.5 Å². The van der Waals surface area contributed by atoms with Crippen LogP contribution >= 0.6 is 11.8 Å². The molecule has 9 nitrogen and oxygen atoms in total. The predicted octanol–water partition coefficient (Wildman–Crippen LogP) is 5.04. The number of carbonyl (C=O) groups excluding carboxylic acids is 3. The minimum absolute atomic E-state index is 0.0873. The van der Waals surface area contributed by atoms with Crippen LogP contribution in [0.1, 0.15) is 37.3 Å². The number of fused-ring (bicyclic) bond motifs is 3. The zero-order valence-corrected chi connectivity index (χ0v) is 24.0. The van der Waals surface area contributed by atoms with Crippen molar-refractivity contribution in [3.05, 3.63) is 89.7 Å². The van der Waals surface area contributed by atoms with Crippen LogP contribution in [0, 0.1) is 5.82 Å². The third-order valence-electron chi connectivity index (χ3n) is 6.84. The Morgan fingerprint density at radius 3 is 2.64 bits per heavy atom. The summed E-state index contributed by atoms with van der Waals surface area (Å²) < 4.78 is 18.4. The lowest BCUT2D eigenvalue weighted by Crippen LogP contribution is -2.42. The van der Waals surface area contributed by atoms with Crippen LogP contribution in [-0.4, -0.2) is 52.0 Å². The van der Waals surface area contributed by atoms with Gasteiger partial charge >= 0.3 is 0 Å². The zero-order valence-electron chi connectivity index (χ0n) is 23.2. The van der Waals surface area contributed by atoms with Gasteiger partial charge in [-0.15, -0.1) is 0 Å². The van der Waals surface area contributed by atoms with Gasteiger partial charge in [-0.25, -0.2) is 14.3 Å². The molecule has 0 radical (unpaired) electrons. The van der Waals surface area contributed by atoms with Crippen molar-refractivity contribution in [2.45, 2.75) is 44.0 Å². The lowest BCUT2D eigenvalue weighted by Gasteiger charge is -2.27. The first-order valence-electron chi connectivity index (χ1n) is 13.6. The molecule has 3 aromatic rings. The molecule has 3 aromatic carbocycles. The largest absolute Gasteiger partial charge is 0.497 e. The molecule has 42 heavy (non-hydrogen) atoms.